The molecule has 1 N–H and O–H groups in total. The molecule has 0 fully saturated rings. The molecule has 0 unspecified atom stereocenters. The summed E-state index contributed by atoms with van der Waals surface area (Å²) < 4.78 is 49.8. The van der Waals surface area contributed by atoms with Crippen LogP contribution in [0.5, 0.6) is 5.75 Å². The Bertz CT molecular complexity index is 835. The number of aryl methyl sites for hydroxylation is 1. The minimum atomic E-state index is -3.95. The van der Waals surface area contributed by atoms with Crippen LogP contribution in [0.2, 0.25) is 0 Å². The molecule has 6 nitrogen and oxygen atoms in total. The van der Waals surface area contributed by atoms with E-state index >= 15 is 0 Å². The molecular weight excluding hydrogens is 361 g/mol. The van der Waals surface area contributed by atoms with Crippen molar-refractivity contribution in [1.82, 2.24) is 4.72 Å². The topological polar surface area (TPSA) is 81.7 Å². The number of nitrogens with one attached hydrogen (secondary N) is 1. The van der Waals surface area contributed by atoms with E-state index in [0.29, 0.717) is 5.75 Å². The molecule has 2 aromatic rings. The van der Waals surface area contributed by atoms with Gasteiger partial charge in [0.2, 0.25) is 10.0 Å². The molecule has 0 radical (unpaired) electrons. The summed E-state index contributed by atoms with van der Waals surface area (Å²) in [5, 5.41) is 0. The molecule has 0 amide bonds. The van der Waals surface area contributed by atoms with E-state index in [4.69, 9.17) is 9.47 Å². The summed E-state index contributed by atoms with van der Waals surface area (Å²) in [6, 6.07) is 10.6. The van der Waals surface area contributed by atoms with Gasteiger partial charge in [0.1, 0.15) is 30.8 Å². The molecule has 0 heterocycles. The van der Waals surface area contributed by atoms with E-state index in [-0.39, 0.29) is 18.1 Å². The maximum Gasteiger partial charge on any atom is 0.324 e. The Morgan fingerprint density at radius 3 is 2.31 bits per heavy atom. The third kappa shape index (κ3) is 5.82. The molecule has 0 saturated carbocycles. The summed E-state index contributed by atoms with van der Waals surface area (Å²) >= 11 is 0. The largest absolute Gasteiger partial charge is 0.490 e. The highest BCUT2D eigenvalue weighted by Gasteiger charge is 2.23. The lowest BCUT2D eigenvalue weighted by Crippen LogP contribution is -2.39. The van der Waals surface area contributed by atoms with Gasteiger partial charge in [-0.05, 0) is 50.2 Å². The van der Waals surface area contributed by atoms with Gasteiger partial charge in [0, 0.05) is 0 Å². The summed E-state index contributed by atoms with van der Waals surface area (Å²) in [4.78, 5) is 11.8. The lowest BCUT2D eigenvalue weighted by atomic mass is 10.2. The van der Waals surface area contributed by atoms with Crippen molar-refractivity contribution in [3.05, 3.63) is 59.9 Å². The zero-order valence-electron chi connectivity index (χ0n) is 14.4. The van der Waals surface area contributed by atoms with Crippen LogP contribution in [0.3, 0.4) is 0 Å². The molecule has 8 heteroatoms. The van der Waals surface area contributed by atoms with Crippen LogP contribution in [0.15, 0.2) is 53.4 Å². The number of hydrogen-bond acceptors (Lipinski definition) is 5. The molecule has 1 atom stereocenters. The Labute approximate surface area is 152 Å². The molecule has 0 aliphatic heterocycles. The Hall–Kier alpha value is -2.45. The molecule has 2 aromatic carbocycles. The minimum absolute atomic E-state index is 0.0185. The molecule has 0 spiro atoms. The second-order valence-corrected chi connectivity index (χ2v) is 7.34. The zero-order chi connectivity index (χ0) is 19.2. The molecule has 2 rings (SSSR count). The van der Waals surface area contributed by atoms with Crippen LogP contribution in [0.1, 0.15) is 12.5 Å². The van der Waals surface area contributed by atoms with Gasteiger partial charge in [-0.3, -0.25) is 4.79 Å². The van der Waals surface area contributed by atoms with Crippen molar-refractivity contribution in [2.45, 2.75) is 24.8 Å². The molecular formula is C18H20FNO5S. The number of rotatable bonds is 8. The van der Waals surface area contributed by atoms with Gasteiger partial charge in [-0.1, -0.05) is 17.7 Å². The summed E-state index contributed by atoms with van der Waals surface area (Å²) in [6.45, 7) is 3.45. The molecule has 0 saturated heterocycles. The summed E-state index contributed by atoms with van der Waals surface area (Å²) in [7, 11) is -3.95. The maximum atomic E-state index is 12.9. The highest BCUT2D eigenvalue weighted by molar-refractivity contribution is 7.89. The van der Waals surface area contributed by atoms with Crippen molar-refractivity contribution < 1.29 is 27.1 Å². The first-order valence-corrected chi connectivity index (χ1v) is 9.40. The molecule has 140 valence electrons. The number of ether oxygens (including phenoxy) is 2. The Kier molecular flexibility index (Phi) is 6.70. The molecule has 0 aliphatic carbocycles. The van der Waals surface area contributed by atoms with E-state index in [9.17, 15) is 17.6 Å². The average molecular weight is 381 g/mol. The van der Waals surface area contributed by atoms with E-state index in [1.165, 1.54) is 6.92 Å². The van der Waals surface area contributed by atoms with Crippen molar-refractivity contribution in [3.8, 4) is 5.75 Å². The highest BCUT2D eigenvalue weighted by Crippen LogP contribution is 2.12. The minimum Gasteiger partial charge on any atom is -0.490 e. The van der Waals surface area contributed by atoms with E-state index in [1.807, 2.05) is 19.1 Å². The molecule has 26 heavy (non-hydrogen) atoms. The van der Waals surface area contributed by atoms with E-state index in [2.05, 4.69) is 4.72 Å². The molecule has 0 aromatic heterocycles. The number of sulfonamides is 1. The van der Waals surface area contributed by atoms with Crippen LogP contribution >= 0.6 is 0 Å². The molecule has 0 aliphatic rings. The van der Waals surface area contributed by atoms with E-state index in [0.717, 1.165) is 29.8 Å². The van der Waals surface area contributed by atoms with Crippen LogP contribution in [-0.4, -0.2) is 33.6 Å². The number of benzene rings is 2. The predicted molar refractivity (Wildman–Crippen MR) is 93.8 cm³/mol. The van der Waals surface area contributed by atoms with Gasteiger partial charge in [-0.15, -0.1) is 0 Å². The van der Waals surface area contributed by atoms with Gasteiger partial charge in [0.25, 0.3) is 0 Å². The lowest BCUT2D eigenvalue weighted by molar-refractivity contribution is -0.145. The number of carbonyl (C=O) groups excluding carboxylic acids is 1. The van der Waals surface area contributed by atoms with Gasteiger partial charge in [0.15, 0.2) is 0 Å². The quantitative estimate of drug-likeness (QED) is 0.561. The van der Waals surface area contributed by atoms with Crippen LogP contribution in [0.4, 0.5) is 4.39 Å². The Balaban J connectivity index is 1.79. The Morgan fingerprint density at radius 2 is 1.69 bits per heavy atom. The second-order valence-electron chi connectivity index (χ2n) is 5.63. The monoisotopic (exact) mass is 381 g/mol. The number of halogens is 1. The fourth-order valence-corrected chi connectivity index (χ4v) is 3.22. The van der Waals surface area contributed by atoms with Crippen molar-refractivity contribution in [1.29, 1.82) is 0 Å². The molecule has 0 bridgehead atoms. The first kappa shape index (κ1) is 19.9. The number of hydrogen-bond donors (Lipinski definition) is 1. The third-order valence-corrected chi connectivity index (χ3v) is 4.98. The summed E-state index contributed by atoms with van der Waals surface area (Å²) in [5.41, 5.74) is 1.10. The SMILES string of the molecule is Cc1ccc(OCCOC(=O)[C@H](C)NS(=O)(=O)c2ccc(F)cc2)cc1. The van der Waals surface area contributed by atoms with Crippen molar-refractivity contribution in [2.75, 3.05) is 13.2 Å². The van der Waals surface area contributed by atoms with Gasteiger partial charge in [0.05, 0.1) is 4.90 Å². The smallest absolute Gasteiger partial charge is 0.324 e. The number of carbonyl (C=O) groups is 1. The first-order chi connectivity index (χ1) is 12.3. The van der Waals surface area contributed by atoms with Crippen LogP contribution in [0, 0.1) is 12.7 Å². The summed E-state index contributed by atoms with van der Waals surface area (Å²) in [5.74, 6) is -0.634. The van der Waals surface area contributed by atoms with Gasteiger partial charge in [-0.25, -0.2) is 12.8 Å². The normalized spacial score (nSPS) is 12.4. The van der Waals surface area contributed by atoms with Crippen LogP contribution in [0.25, 0.3) is 0 Å². The fraction of sp³-hybridized carbons (Fsp3) is 0.278. The zero-order valence-corrected chi connectivity index (χ0v) is 15.3. The van der Waals surface area contributed by atoms with Gasteiger partial charge in [-0.2, -0.15) is 4.72 Å². The second kappa shape index (κ2) is 8.77. The number of esters is 1. The van der Waals surface area contributed by atoms with Crippen LogP contribution < -0.4 is 9.46 Å². The van der Waals surface area contributed by atoms with E-state index < -0.39 is 27.9 Å². The lowest BCUT2D eigenvalue weighted by Gasteiger charge is -2.14. The van der Waals surface area contributed by atoms with Crippen molar-refractivity contribution in [3.63, 3.8) is 0 Å². The van der Waals surface area contributed by atoms with Crippen LogP contribution in [-0.2, 0) is 19.6 Å². The standard InChI is InChI=1S/C18H20FNO5S/c1-13-3-7-16(8-4-13)24-11-12-25-18(21)14(2)20-26(22,23)17-9-5-15(19)6-10-17/h3-10,14,20H,11-12H2,1-2H3/t14-/m0/s1. The third-order valence-electron chi connectivity index (χ3n) is 3.43. The van der Waals surface area contributed by atoms with E-state index in [1.54, 1.807) is 12.1 Å². The average Bonchev–Trinajstić information content (AvgIpc) is 2.60. The first-order valence-electron chi connectivity index (χ1n) is 7.92. The Morgan fingerprint density at radius 1 is 1.08 bits per heavy atom. The fourth-order valence-electron chi connectivity index (χ4n) is 2.02. The van der Waals surface area contributed by atoms with Crippen molar-refractivity contribution in [2.24, 2.45) is 0 Å². The maximum absolute atomic E-state index is 12.9. The predicted octanol–water partition coefficient (Wildman–Crippen LogP) is 2.42. The van der Waals surface area contributed by atoms with Gasteiger partial charge >= 0.3 is 5.97 Å². The summed E-state index contributed by atoms with van der Waals surface area (Å²) in [6.07, 6.45) is 0. The highest BCUT2D eigenvalue weighted by atomic mass is 32.2. The van der Waals surface area contributed by atoms with Crippen molar-refractivity contribution >= 4 is 16.0 Å². The van der Waals surface area contributed by atoms with Gasteiger partial charge < -0.3 is 9.47 Å².